The molecule has 0 amide bonds. The zero-order valence-electron chi connectivity index (χ0n) is 12.1. The minimum Gasteiger partial charge on any atom is -0.373 e. The summed E-state index contributed by atoms with van der Waals surface area (Å²) < 4.78 is 5.87. The fourth-order valence-corrected chi connectivity index (χ4v) is 3.95. The van der Waals surface area contributed by atoms with Crippen LogP contribution in [0, 0.1) is 6.92 Å². The topological polar surface area (TPSA) is 37.9 Å². The quantitative estimate of drug-likeness (QED) is 0.735. The Morgan fingerprint density at radius 1 is 1.24 bits per heavy atom. The van der Waals surface area contributed by atoms with Crippen molar-refractivity contribution < 1.29 is 4.74 Å². The van der Waals surface area contributed by atoms with Gasteiger partial charge in [-0.25, -0.2) is 4.98 Å². The van der Waals surface area contributed by atoms with Crippen LogP contribution in [0.2, 0.25) is 0 Å². The van der Waals surface area contributed by atoms with E-state index in [0.29, 0.717) is 0 Å². The Bertz CT molecular complexity index is 768. The van der Waals surface area contributed by atoms with Gasteiger partial charge in [0.1, 0.15) is 5.82 Å². The van der Waals surface area contributed by atoms with Crippen LogP contribution < -0.4 is 0 Å². The van der Waals surface area contributed by atoms with E-state index >= 15 is 0 Å². The van der Waals surface area contributed by atoms with Crippen molar-refractivity contribution in [3.05, 3.63) is 40.8 Å². The Balaban J connectivity index is 1.68. The van der Waals surface area contributed by atoms with Crippen LogP contribution in [0.4, 0.5) is 0 Å². The van der Waals surface area contributed by atoms with Crippen LogP contribution in [0.3, 0.4) is 0 Å². The number of hydrogen-bond acceptors (Lipinski definition) is 3. The molecule has 2 aromatic heterocycles. The highest BCUT2D eigenvalue weighted by Gasteiger charge is 2.19. The zero-order chi connectivity index (χ0) is 14.2. The highest BCUT2D eigenvalue weighted by molar-refractivity contribution is 7.15. The van der Waals surface area contributed by atoms with Crippen LogP contribution in [0.25, 0.3) is 21.7 Å². The summed E-state index contributed by atoms with van der Waals surface area (Å²) in [7, 11) is 0. The molecule has 4 rings (SSSR count). The van der Waals surface area contributed by atoms with Crippen LogP contribution in [0.1, 0.15) is 35.8 Å². The van der Waals surface area contributed by atoms with Crippen LogP contribution in [0.5, 0.6) is 0 Å². The third-order valence-corrected chi connectivity index (χ3v) is 5.26. The number of nitrogens with zero attached hydrogens (tertiary/aromatic N) is 1. The van der Waals surface area contributed by atoms with Gasteiger partial charge in [0.2, 0.25) is 0 Å². The second-order valence-corrected chi connectivity index (χ2v) is 6.73. The molecule has 3 aromatic rings. The molecule has 4 heteroatoms. The number of rotatable bonds is 2. The van der Waals surface area contributed by atoms with Gasteiger partial charge in [-0.3, -0.25) is 0 Å². The molecule has 1 atom stereocenters. The van der Waals surface area contributed by atoms with Crippen LogP contribution in [-0.4, -0.2) is 16.6 Å². The van der Waals surface area contributed by atoms with Gasteiger partial charge in [-0.2, -0.15) is 0 Å². The fourth-order valence-electron chi connectivity index (χ4n) is 2.91. The second-order valence-electron chi connectivity index (χ2n) is 5.61. The Kier molecular flexibility index (Phi) is 3.28. The first-order valence-corrected chi connectivity index (χ1v) is 8.30. The van der Waals surface area contributed by atoms with E-state index in [2.05, 4.69) is 42.2 Å². The van der Waals surface area contributed by atoms with Crippen LogP contribution in [-0.2, 0) is 4.74 Å². The number of aromatic nitrogens is 2. The van der Waals surface area contributed by atoms with Crippen molar-refractivity contribution in [1.82, 2.24) is 9.97 Å². The number of imidazole rings is 1. The number of aryl methyl sites for hydroxylation is 1. The van der Waals surface area contributed by atoms with Crippen molar-refractivity contribution in [2.45, 2.75) is 32.3 Å². The maximum Gasteiger partial charge on any atom is 0.148 e. The monoisotopic (exact) mass is 298 g/mol. The molecule has 1 N–H and O–H groups in total. The van der Waals surface area contributed by atoms with Gasteiger partial charge >= 0.3 is 0 Å². The molecule has 0 bridgehead atoms. The van der Waals surface area contributed by atoms with Gasteiger partial charge in [0.05, 0.1) is 22.0 Å². The SMILES string of the molecule is Cc1cccc2[nH]c(-c3ccc([C@H]4CCCCO4)s3)nc12. The molecule has 1 fully saturated rings. The first-order chi connectivity index (χ1) is 10.3. The van der Waals surface area contributed by atoms with Crippen molar-refractivity contribution in [2.24, 2.45) is 0 Å². The minimum atomic E-state index is 0.281. The minimum absolute atomic E-state index is 0.281. The van der Waals surface area contributed by atoms with Crippen molar-refractivity contribution in [3.8, 4) is 10.7 Å². The third kappa shape index (κ3) is 2.39. The Labute approximate surface area is 128 Å². The summed E-state index contributed by atoms with van der Waals surface area (Å²) in [5.41, 5.74) is 3.38. The highest BCUT2D eigenvalue weighted by Crippen LogP contribution is 2.36. The van der Waals surface area contributed by atoms with Gasteiger partial charge in [0.25, 0.3) is 0 Å². The number of ether oxygens (including phenoxy) is 1. The van der Waals surface area contributed by atoms with Gasteiger partial charge in [0, 0.05) is 11.5 Å². The number of H-pyrrole nitrogens is 1. The van der Waals surface area contributed by atoms with E-state index < -0.39 is 0 Å². The molecule has 0 spiro atoms. The number of fused-ring (bicyclic) bond motifs is 1. The van der Waals surface area contributed by atoms with Gasteiger partial charge in [-0.15, -0.1) is 11.3 Å². The van der Waals surface area contributed by atoms with E-state index in [9.17, 15) is 0 Å². The van der Waals surface area contributed by atoms with Gasteiger partial charge < -0.3 is 9.72 Å². The van der Waals surface area contributed by atoms with E-state index in [1.54, 1.807) is 11.3 Å². The van der Waals surface area contributed by atoms with Crippen molar-refractivity contribution in [2.75, 3.05) is 6.61 Å². The van der Waals surface area contributed by atoms with Gasteiger partial charge in [-0.1, -0.05) is 12.1 Å². The molecule has 0 aliphatic carbocycles. The molecular formula is C17H18N2OS. The number of thiophene rings is 1. The molecule has 1 aliphatic rings. The first kappa shape index (κ1) is 13.0. The average Bonchev–Trinajstić information content (AvgIpc) is 3.15. The molecule has 0 radical (unpaired) electrons. The molecule has 0 saturated carbocycles. The van der Waals surface area contributed by atoms with Crippen molar-refractivity contribution >= 4 is 22.4 Å². The Morgan fingerprint density at radius 2 is 2.19 bits per heavy atom. The summed E-state index contributed by atoms with van der Waals surface area (Å²) in [6.45, 7) is 2.99. The average molecular weight is 298 g/mol. The van der Waals surface area contributed by atoms with Crippen molar-refractivity contribution in [3.63, 3.8) is 0 Å². The molecule has 0 unspecified atom stereocenters. The number of benzene rings is 1. The lowest BCUT2D eigenvalue weighted by atomic mass is 10.1. The number of para-hydroxylation sites is 1. The van der Waals surface area contributed by atoms with E-state index in [-0.39, 0.29) is 6.10 Å². The predicted octanol–water partition coefficient (Wildman–Crippen LogP) is 4.84. The molecule has 3 nitrogen and oxygen atoms in total. The predicted molar refractivity (Wildman–Crippen MR) is 86.7 cm³/mol. The lowest BCUT2D eigenvalue weighted by Crippen LogP contribution is -2.09. The Morgan fingerprint density at radius 3 is 3.00 bits per heavy atom. The molecule has 21 heavy (non-hydrogen) atoms. The summed E-state index contributed by atoms with van der Waals surface area (Å²) in [5, 5.41) is 0. The smallest absolute Gasteiger partial charge is 0.148 e. The van der Waals surface area contributed by atoms with E-state index in [1.807, 2.05) is 0 Å². The zero-order valence-corrected chi connectivity index (χ0v) is 12.9. The Hall–Kier alpha value is -1.65. The van der Waals surface area contributed by atoms with E-state index in [4.69, 9.17) is 9.72 Å². The molecular weight excluding hydrogens is 280 g/mol. The van der Waals surface area contributed by atoms with Gasteiger partial charge in [0.15, 0.2) is 0 Å². The fraction of sp³-hybridized carbons (Fsp3) is 0.353. The largest absolute Gasteiger partial charge is 0.373 e. The maximum absolute atomic E-state index is 5.87. The second kappa shape index (κ2) is 5.28. The number of nitrogens with one attached hydrogen (secondary N) is 1. The third-order valence-electron chi connectivity index (χ3n) is 4.07. The first-order valence-electron chi connectivity index (χ1n) is 7.48. The number of aromatic amines is 1. The normalized spacial score (nSPS) is 19.2. The molecule has 1 aliphatic heterocycles. The number of hydrogen-bond donors (Lipinski definition) is 1. The summed E-state index contributed by atoms with van der Waals surface area (Å²) in [6, 6.07) is 10.6. The van der Waals surface area contributed by atoms with Crippen LogP contribution >= 0.6 is 11.3 Å². The summed E-state index contributed by atoms with van der Waals surface area (Å²) >= 11 is 1.79. The lowest BCUT2D eigenvalue weighted by Gasteiger charge is -2.21. The summed E-state index contributed by atoms with van der Waals surface area (Å²) in [6.07, 6.45) is 3.88. The molecule has 108 valence electrons. The lowest BCUT2D eigenvalue weighted by molar-refractivity contribution is 0.0172. The van der Waals surface area contributed by atoms with Gasteiger partial charge in [-0.05, 0) is 49.9 Å². The van der Waals surface area contributed by atoms with Crippen LogP contribution in [0.15, 0.2) is 30.3 Å². The highest BCUT2D eigenvalue weighted by atomic mass is 32.1. The maximum atomic E-state index is 5.87. The van der Waals surface area contributed by atoms with E-state index in [1.165, 1.54) is 28.2 Å². The van der Waals surface area contributed by atoms with E-state index in [0.717, 1.165) is 29.9 Å². The standard InChI is InChI=1S/C17H18N2OS/c1-11-5-4-6-12-16(11)19-17(18-12)15-9-8-14(21-15)13-7-2-3-10-20-13/h4-6,8-9,13H,2-3,7,10H2,1H3,(H,18,19)/t13-/m1/s1. The molecule has 1 saturated heterocycles. The molecule has 3 heterocycles. The molecule has 1 aromatic carbocycles. The van der Waals surface area contributed by atoms with Crippen molar-refractivity contribution in [1.29, 1.82) is 0 Å². The summed E-state index contributed by atoms with van der Waals surface area (Å²) in [4.78, 5) is 10.7. The summed E-state index contributed by atoms with van der Waals surface area (Å²) in [5.74, 6) is 0.964.